The molecule has 8 nitrogen and oxygen atoms in total. The molecule has 0 fully saturated rings. The van der Waals surface area contributed by atoms with Gasteiger partial charge in [0.05, 0.1) is 24.4 Å². The molecule has 0 bridgehead atoms. The van der Waals surface area contributed by atoms with Crippen molar-refractivity contribution in [1.82, 2.24) is 10.2 Å². The number of esters is 1. The first kappa shape index (κ1) is 19.8. The Labute approximate surface area is 155 Å². The molecule has 140 valence electrons. The Morgan fingerprint density at radius 2 is 2.00 bits per heavy atom. The molecule has 0 spiro atoms. The van der Waals surface area contributed by atoms with E-state index in [0.717, 1.165) is 10.6 Å². The number of anilines is 1. The van der Waals surface area contributed by atoms with Crippen molar-refractivity contribution in [3.05, 3.63) is 24.3 Å². The molecule has 1 N–H and O–H groups in total. The molecule has 1 heterocycles. The molecule has 1 aliphatic heterocycles. The first-order valence-corrected chi connectivity index (χ1v) is 9.01. The molecule has 0 unspecified atom stereocenters. The highest BCUT2D eigenvalue weighted by Crippen LogP contribution is 2.34. The topological polar surface area (TPSA) is 96.0 Å². The number of amides is 3. The van der Waals surface area contributed by atoms with Gasteiger partial charge in [-0.25, -0.2) is 0 Å². The molecule has 0 aromatic heterocycles. The first-order valence-electron chi connectivity index (χ1n) is 8.03. The number of carbonyl (C=O) groups excluding carboxylic acids is 4. The van der Waals surface area contributed by atoms with Crippen molar-refractivity contribution >= 4 is 41.1 Å². The molecule has 0 radical (unpaired) electrons. The van der Waals surface area contributed by atoms with Gasteiger partial charge in [0, 0.05) is 25.5 Å². The molecule has 9 heteroatoms. The second kappa shape index (κ2) is 9.23. The summed E-state index contributed by atoms with van der Waals surface area (Å²) in [7, 11) is 3.15. The van der Waals surface area contributed by atoms with E-state index in [2.05, 4.69) is 5.32 Å². The Hall–Kier alpha value is -2.55. The summed E-state index contributed by atoms with van der Waals surface area (Å²) in [5.41, 5.74) is 0.779. The minimum atomic E-state index is -0.581. The maximum Gasteiger partial charge on any atom is 0.308 e. The number of para-hydroxylation sites is 1. The lowest BCUT2D eigenvalue weighted by Crippen LogP contribution is -2.39. The van der Waals surface area contributed by atoms with Crippen LogP contribution in [0.15, 0.2) is 29.2 Å². The van der Waals surface area contributed by atoms with Crippen molar-refractivity contribution < 1.29 is 23.9 Å². The summed E-state index contributed by atoms with van der Waals surface area (Å²) in [6.07, 6.45) is -0.0192. The van der Waals surface area contributed by atoms with Crippen molar-refractivity contribution in [2.24, 2.45) is 0 Å². The fraction of sp³-hybridized carbons (Fsp3) is 0.412. The minimum absolute atomic E-state index is 0.0192. The van der Waals surface area contributed by atoms with Gasteiger partial charge in [0.2, 0.25) is 11.8 Å². The Morgan fingerprint density at radius 1 is 1.27 bits per heavy atom. The van der Waals surface area contributed by atoms with E-state index in [1.54, 1.807) is 19.0 Å². The predicted octanol–water partition coefficient (Wildman–Crippen LogP) is 0.263. The second-order valence-corrected chi connectivity index (χ2v) is 6.79. The molecule has 0 aliphatic carbocycles. The smallest absolute Gasteiger partial charge is 0.308 e. The summed E-state index contributed by atoms with van der Waals surface area (Å²) in [6.45, 7) is -0.421. The number of hydrogen-bond acceptors (Lipinski definition) is 6. The highest BCUT2D eigenvalue weighted by atomic mass is 32.2. The van der Waals surface area contributed by atoms with Crippen molar-refractivity contribution in [1.29, 1.82) is 0 Å². The normalized spacial score (nSPS) is 13.0. The van der Waals surface area contributed by atoms with Crippen molar-refractivity contribution in [2.45, 2.75) is 11.3 Å². The van der Waals surface area contributed by atoms with E-state index in [1.807, 2.05) is 24.3 Å². The van der Waals surface area contributed by atoms with Gasteiger partial charge in [-0.1, -0.05) is 12.1 Å². The van der Waals surface area contributed by atoms with Crippen LogP contribution in [0.3, 0.4) is 0 Å². The van der Waals surface area contributed by atoms with Crippen LogP contribution in [0.25, 0.3) is 0 Å². The zero-order valence-corrected chi connectivity index (χ0v) is 15.5. The number of nitrogens with one attached hydrogen (secondary N) is 1. The molecule has 0 atom stereocenters. The highest BCUT2D eigenvalue weighted by Gasteiger charge is 2.25. The van der Waals surface area contributed by atoms with E-state index in [1.165, 1.54) is 16.7 Å². The van der Waals surface area contributed by atoms with Gasteiger partial charge in [-0.15, -0.1) is 11.8 Å². The molecule has 0 saturated heterocycles. The Bertz CT molecular complexity index is 707. The fourth-order valence-electron chi connectivity index (χ4n) is 2.20. The highest BCUT2D eigenvalue weighted by molar-refractivity contribution is 8.00. The van der Waals surface area contributed by atoms with Crippen LogP contribution in [0.5, 0.6) is 0 Å². The molecule has 1 aliphatic rings. The van der Waals surface area contributed by atoms with Crippen LogP contribution < -0.4 is 10.2 Å². The number of ether oxygens (including phenoxy) is 1. The van der Waals surface area contributed by atoms with E-state index >= 15 is 0 Å². The largest absolute Gasteiger partial charge is 0.456 e. The molecule has 3 amide bonds. The van der Waals surface area contributed by atoms with Crippen LogP contribution in [0.1, 0.15) is 6.42 Å². The molecule has 1 aromatic carbocycles. The van der Waals surface area contributed by atoms with Crippen molar-refractivity contribution in [2.75, 3.05) is 44.4 Å². The van der Waals surface area contributed by atoms with Crippen LogP contribution in [0.2, 0.25) is 0 Å². The summed E-state index contributed by atoms with van der Waals surface area (Å²) < 4.78 is 4.89. The fourth-order valence-corrected chi connectivity index (χ4v) is 3.14. The van der Waals surface area contributed by atoms with Crippen LogP contribution in [-0.4, -0.2) is 68.1 Å². The maximum atomic E-state index is 12.1. The van der Waals surface area contributed by atoms with Crippen molar-refractivity contribution in [3.63, 3.8) is 0 Å². The van der Waals surface area contributed by atoms with E-state index in [-0.39, 0.29) is 31.3 Å². The Balaban J connectivity index is 1.76. The lowest BCUT2D eigenvalue weighted by molar-refractivity contribution is -0.148. The molecule has 1 aromatic rings. The summed E-state index contributed by atoms with van der Waals surface area (Å²) in [4.78, 5) is 50.8. The van der Waals surface area contributed by atoms with Gasteiger partial charge >= 0.3 is 5.97 Å². The quantitative estimate of drug-likeness (QED) is 0.683. The number of nitrogens with zero attached hydrogens (tertiary/aromatic N) is 2. The summed E-state index contributed by atoms with van der Waals surface area (Å²) in [5.74, 6) is -1.13. The molecular formula is C17H21N3O5S. The molecular weight excluding hydrogens is 358 g/mol. The van der Waals surface area contributed by atoms with Gasteiger partial charge in [0.15, 0.2) is 6.61 Å². The maximum absolute atomic E-state index is 12.1. The minimum Gasteiger partial charge on any atom is -0.456 e. The molecule has 2 rings (SSSR count). The van der Waals surface area contributed by atoms with Gasteiger partial charge in [-0.2, -0.15) is 0 Å². The van der Waals surface area contributed by atoms with E-state index in [4.69, 9.17) is 4.74 Å². The summed E-state index contributed by atoms with van der Waals surface area (Å²) in [5, 5.41) is 2.37. The number of likely N-dealkylation sites (N-methyl/N-ethyl adjacent to an activating group) is 1. The van der Waals surface area contributed by atoms with Gasteiger partial charge in [-0.3, -0.25) is 19.2 Å². The van der Waals surface area contributed by atoms with Crippen LogP contribution in [0.4, 0.5) is 5.69 Å². The monoisotopic (exact) mass is 379 g/mol. The first-order chi connectivity index (χ1) is 12.4. The van der Waals surface area contributed by atoms with Gasteiger partial charge in [-0.05, 0) is 12.1 Å². The van der Waals surface area contributed by atoms with Gasteiger partial charge in [0.1, 0.15) is 0 Å². The Kier molecular flexibility index (Phi) is 7.02. The summed E-state index contributed by atoms with van der Waals surface area (Å²) >= 11 is 1.47. The third-order valence-corrected chi connectivity index (χ3v) is 4.70. The molecule has 0 saturated carbocycles. The zero-order chi connectivity index (χ0) is 19.1. The number of thioether (sulfide) groups is 1. The van der Waals surface area contributed by atoms with E-state index < -0.39 is 18.5 Å². The average Bonchev–Trinajstić information content (AvgIpc) is 2.63. The van der Waals surface area contributed by atoms with Crippen LogP contribution in [-0.2, 0) is 23.9 Å². The van der Waals surface area contributed by atoms with Gasteiger partial charge in [0.25, 0.3) is 5.91 Å². The number of fused-ring (bicyclic) bond motifs is 1. The number of hydrogen-bond donors (Lipinski definition) is 1. The zero-order valence-electron chi connectivity index (χ0n) is 14.7. The number of rotatable bonds is 7. The van der Waals surface area contributed by atoms with E-state index in [9.17, 15) is 19.2 Å². The lowest BCUT2D eigenvalue weighted by Gasteiger charge is -2.28. The summed E-state index contributed by atoms with van der Waals surface area (Å²) in [6, 6.07) is 7.49. The third-order valence-electron chi connectivity index (χ3n) is 3.65. The lowest BCUT2D eigenvalue weighted by atomic mass is 10.2. The van der Waals surface area contributed by atoms with E-state index in [0.29, 0.717) is 5.75 Å². The third kappa shape index (κ3) is 5.48. The number of benzene rings is 1. The molecule has 26 heavy (non-hydrogen) atoms. The number of carbonyl (C=O) groups is 4. The van der Waals surface area contributed by atoms with Gasteiger partial charge < -0.3 is 19.9 Å². The SMILES string of the molecule is CN(C)C(=O)CNC(=O)COC(=O)CCN1C(=O)CSc2ccccc21. The van der Waals surface area contributed by atoms with Crippen molar-refractivity contribution in [3.8, 4) is 0 Å². The predicted molar refractivity (Wildman–Crippen MR) is 96.8 cm³/mol. The van der Waals surface area contributed by atoms with Crippen LogP contribution in [0, 0.1) is 0 Å². The standard InChI is InChI=1S/C17H21N3O5S/c1-19(2)15(22)9-18-14(21)10-25-17(24)7-8-20-12-5-3-4-6-13(12)26-11-16(20)23/h3-6H,7-11H2,1-2H3,(H,18,21). The second-order valence-electron chi connectivity index (χ2n) is 5.78. The van der Waals surface area contributed by atoms with Crippen LogP contribution >= 0.6 is 11.8 Å². The Morgan fingerprint density at radius 3 is 2.73 bits per heavy atom. The average molecular weight is 379 g/mol.